The molecule has 0 aliphatic carbocycles. The van der Waals surface area contributed by atoms with Gasteiger partial charge in [-0.3, -0.25) is 0 Å². The number of hydrogen-bond donors (Lipinski definition) is 0. The van der Waals surface area contributed by atoms with Gasteiger partial charge in [0, 0.05) is 11.7 Å². The van der Waals surface area contributed by atoms with Gasteiger partial charge in [-0.2, -0.15) is 0 Å². The van der Waals surface area contributed by atoms with E-state index in [9.17, 15) is 4.79 Å². The van der Waals surface area contributed by atoms with E-state index >= 15 is 0 Å². The predicted octanol–water partition coefficient (Wildman–Crippen LogP) is 4.14. The summed E-state index contributed by atoms with van der Waals surface area (Å²) in [5.41, 5.74) is 0.705. The van der Waals surface area contributed by atoms with Gasteiger partial charge in [0.05, 0.1) is 12.4 Å². The molecule has 1 saturated heterocycles. The van der Waals surface area contributed by atoms with E-state index in [4.69, 9.17) is 9.47 Å². The molecule has 0 spiro atoms. The zero-order valence-electron chi connectivity index (χ0n) is 14.5. The van der Waals surface area contributed by atoms with Gasteiger partial charge in [0.25, 0.3) is 0 Å². The van der Waals surface area contributed by atoms with E-state index in [1.54, 1.807) is 16.8 Å². The topological polar surface area (TPSA) is 41.8 Å². The molecule has 2 rings (SSSR count). The fourth-order valence-corrected chi connectivity index (χ4v) is 2.51. The first-order chi connectivity index (χ1) is 10.8. The Bertz CT molecular complexity index is 522. The van der Waals surface area contributed by atoms with Crippen LogP contribution in [0.4, 0.5) is 10.5 Å². The second-order valence-corrected chi connectivity index (χ2v) is 7.70. The number of anilines is 1. The largest absolute Gasteiger partial charge is 0.492 e. The molecule has 6 heteroatoms. The van der Waals surface area contributed by atoms with E-state index in [2.05, 4.69) is 4.31 Å². The van der Waals surface area contributed by atoms with Crippen molar-refractivity contribution in [2.45, 2.75) is 46.3 Å². The first-order valence-electron chi connectivity index (χ1n) is 7.89. The van der Waals surface area contributed by atoms with Crippen LogP contribution in [0.25, 0.3) is 0 Å². The van der Waals surface area contributed by atoms with Crippen LogP contribution in [0.1, 0.15) is 34.6 Å². The zero-order valence-corrected chi connectivity index (χ0v) is 15.4. The number of ether oxygens (including phenoxy) is 2. The Balaban J connectivity index is 1.82. The van der Waals surface area contributed by atoms with Crippen molar-refractivity contribution >= 4 is 23.7 Å². The molecule has 5 nitrogen and oxygen atoms in total. The zero-order chi connectivity index (χ0) is 17.0. The van der Waals surface area contributed by atoms with E-state index in [0.29, 0.717) is 13.2 Å². The lowest BCUT2D eigenvalue weighted by molar-refractivity contribution is 0.0164. The van der Waals surface area contributed by atoms with Crippen molar-refractivity contribution in [1.82, 2.24) is 4.90 Å². The molecular formula is C17H26N2O3S. The molecule has 128 valence electrons. The number of nitrogens with zero attached hydrogens (tertiary/aromatic N) is 2. The molecule has 23 heavy (non-hydrogen) atoms. The molecule has 0 bridgehead atoms. The molecule has 0 atom stereocenters. The number of hydrogen-bond acceptors (Lipinski definition) is 5. The monoisotopic (exact) mass is 338 g/mol. The summed E-state index contributed by atoms with van der Waals surface area (Å²) in [5, 5.41) is 0. The average molecular weight is 338 g/mol. The Kier molecular flexibility index (Phi) is 5.68. The third-order valence-electron chi connectivity index (χ3n) is 3.24. The van der Waals surface area contributed by atoms with Crippen molar-refractivity contribution in [1.29, 1.82) is 0 Å². The summed E-state index contributed by atoms with van der Waals surface area (Å²) >= 11 is 1.79. The normalized spacial score (nSPS) is 13.9. The van der Waals surface area contributed by atoms with Crippen LogP contribution in [0.2, 0.25) is 0 Å². The highest BCUT2D eigenvalue weighted by Gasteiger charge is 2.24. The lowest BCUT2D eigenvalue weighted by Crippen LogP contribution is -2.43. The van der Waals surface area contributed by atoms with Gasteiger partial charge in [-0.1, -0.05) is 0 Å². The van der Waals surface area contributed by atoms with Gasteiger partial charge in [0.15, 0.2) is 0 Å². The predicted molar refractivity (Wildman–Crippen MR) is 95.0 cm³/mol. The number of carbonyl (C=O) groups excluding carboxylic acids is 1. The summed E-state index contributed by atoms with van der Waals surface area (Å²) in [7, 11) is 0. The van der Waals surface area contributed by atoms with E-state index in [0.717, 1.165) is 11.6 Å². The summed E-state index contributed by atoms with van der Waals surface area (Å²) in [5.74, 6) is 1.87. The van der Waals surface area contributed by atoms with Crippen molar-refractivity contribution in [2.24, 2.45) is 0 Å². The Morgan fingerprint density at radius 1 is 1.30 bits per heavy atom. The van der Waals surface area contributed by atoms with Crippen molar-refractivity contribution in [3.63, 3.8) is 0 Å². The summed E-state index contributed by atoms with van der Waals surface area (Å²) in [6.45, 7) is 10.5. The molecule has 1 heterocycles. The minimum atomic E-state index is -0.489. The van der Waals surface area contributed by atoms with E-state index in [-0.39, 0.29) is 12.1 Å². The van der Waals surface area contributed by atoms with Crippen LogP contribution in [0.3, 0.4) is 0 Å². The second kappa shape index (κ2) is 7.34. The maximum atomic E-state index is 12.2. The van der Waals surface area contributed by atoms with Gasteiger partial charge in [0.2, 0.25) is 0 Å². The fourth-order valence-electron chi connectivity index (χ4n) is 2.03. The van der Waals surface area contributed by atoms with Gasteiger partial charge in [-0.05, 0) is 70.8 Å². The van der Waals surface area contributed by atoms with Crippen LogP contribution in [-0.2, 0) is 4.74 Å². The van der Waals surface area contributed by atoms with E-state index < -0.39 is 5.60 Å². The molecule has 0 radical (unpaired) electrons. The van der Waals surface area contributed by atoms with Crippen molar-refractivity contribution in [2.75, 3.05) is 23.3 Å². The molecule has 0 saturated carbocycles. The highest BCUT2D eigenvalue weighted by molar-refractivity contribution is 8.07. The first kappa shape index (κ1) is 17.8. The Morgan fingerprint density at radius 2 is 1.91 bits per heavy atom. The summed E-state index contributed by atoms with van der Waals surface area (Å²) in [4.78, 5) is 13.9. The third-order valence-corrected chi connectivity index (χ3v) is 3.96. The highest BCUT2D eigenvalue weighted by Crippen LogP contribution is 2.36. The van der Waals surface area contributed by atoms with Crippen LogP contribution in [-0.4, -0.2) is 41.7 Å². The number of benzene rings is 1. The van der Waals surface area contributed by atoms with Gasteiger partial charge in [-0.15, -0.1) is 0 Å². The number of carbonyl (C=O) groups is 1. The Labute approximate surface area is 143 Å². The van der Waals surface area contributed by atoms with Gasteiger partial charge in [-0.25, -0.2) is 4.79 Å². The molecule has 1 aliphatic rings. The van der Waals surface area contributed by atoms with E-state index in [1.807, 2.05) is 58.9 Å². The quantitative estimate of drug-likeness (QED) is 0.576. The van der Waals surface area contributed by atoms with Gasteiger partial charge in [0.1, 0.15) is 18.0 Å². The number of amides is 1. The molecular weight excluding hydrogens is 312 g/mol. The minimum absolute atomic E-state index is 0.0653. The molecule has 1 aliphatic heterocycles. The lowest BCUT2D eigenvalue weighted by atomic mass is 10.2. The van der Waals surface area contributed by atoms with Crippen LogP contribution in [0, 0.1) is 0 Å². The van der Waals surface area contributed by atoms with Gasteiger partial charge < -0.3 is 18.7 Å². The maximum absolute atomic E-state index is 12.2. The standard InChI is InChI=1S/C17H26N2O3S/c1-13(2)18(16(20)22-17(3,4)5)10-11-21-15-8-6-14(7-9-15)19-12-23-19/h6-9,13H,10-12H2,1-5H3. The fraction of sp³-hybridized carbons (Fsp3) is 0.588. The van der Waals surface area contributed by atoms with Gasteiger partial charge >= 0.3 is 6.09 Å². The Morgan fingerprint density at radius 3 is 2.39 bits per heavy atom. The SMILES string of the molecule is CC(C)N(CCOc1ccc(N2CS2)cc1)C(=O)OC(C)(C)C. The molecule has 0 aromatic heterocycles. The van der Waals surface area contributed by atoms with Crippen LogP contribution < -0.4 is 9.04 Å². The van der Waals surface area contributed by atoms with E-state index in [1.165, 1.54) is 5.69 Å². The van der Waals surface area contributed by atoms with Crippen molar-refractivity contribution in [3.05, 3.63) is 24.3 Å². The molecule has 1 amide bonds. The third kappa shape index (κ3) is 5.86. The molecule has 0 N–H and O–H groups in total. The minimum Gasteiger partial charge on any atom is -0.492 e. The van der Waals surface area contributed by atoms with Crippen LogP contribution in [0.5, 0.6) is 5.75 Å². The number of rotatable bonds is 6. The highest BCUT2D eigenvalue weighted by atomic mass is 32.2. The summed E-state index contributed by atoms with van der Waals surface area (Å²) < 4.78 is 13.4. The molecule has 1 aromatic rings. The molecule has 0 unspecified atom stereocenters. The second-order valence-electron chi connectivity index (χ2n) is 6.75. The first-order valence-corrected chi connectivity index (χ1v) is 8.83. The van der Waals surface area contributed by atoms with Crippen LogP contribution >= 0.6 is 11.9 Å². The lowest BCUT2D eigenvalue weighted by Gasteiger charge is -2.30. The maximum Gasteiger partial charge on any atom is 0.410 e. The average Bonchev–Trinajstić information content (AvgIpc) is 3.26. The van der Waals surface area contributed by atoms with Crippen molar-refractivity contribution in [3.8, 4) is 5.75 Å². The molecule has 1 aromatic carbocycles. The summed E-state index contributed by atoms with van der Waals surface area (Å²) in [6.07, 6.45) is -0.301. The molecule has 1 fully saturated rings. The smallest absolute Gasteiger partial charge is 0.410 e. The Hall–Kier alpha value is -1.56. The van der Waals surface area contributed by atoms with Crippen molar-refractivity contribution < 1.29 is 14.3 Å². The summed E-state index contributed by atoms with van der Waals surface area (Å²) in [6, 6.07) is 8.07. The van der Waals surface area contributed by atoms with Crippen LogP contribution in [0.15, 0.2) is 24.3 Å².